The average molecular weight is 297 g/mol. The Morgan fingerprint density at radius 2 is 0.938 bits per heavy atom. The fourth-order valence-electron chi connectivity index (χ4n) is 2.95. The van der Waals surface area contributed by atoms with E-state index in [1.54, 1.807) is 0 Å². The molecule has 0 aromatic rings. The van der Waals surface area contributed by atoms with Crippen LogP contribution in [0.2, 0.25) is 39.3 Å². The second kappa shape index (κ2) is 4.19. The van der Waals surface area contributed by atoms with Gasteiger partial charge in [-0.25, -0.2) is 0 Å². The number of nitrogens with one attached hydrogen (secondary N) is 4. The third-order valence-corrected chi connectivity index (χ3v) is 20.4. The Morgan fingerprint density at radius 1 is 0.625 bits per heavy atom. The number of rotatable bonds is 0. The van der Waals surface area contributed by atoms with E-state index in [1.165, 1.54) is 0 Å². The van der Waals surface area contributed by atoms with E-state index in [9.17, 15) is 0 Å². The summed E-state index contributed by atoms with van der Waals surface area (Å²) >= 11 is 0. The highest BCUT2D eigenvalue weighted by Crippen LogP contribution is 2.34. The monoisotopic (exact) mass is 296 g/mol. The maximum Gasteiger partial charge on any atom is 0.198 e. The maximum atomic E-state index is 3.92. The van der Waals surface area contributed by atoms with Gasteiger partial charge in [0.05, 0.1) is 0 Å². The Balaban J connectivity index is 2.98. The summed E-state index contributed by atoms with van der Waals surface area (Å²) in [5.74, 6) is 0. The van der Waals surface area contributed by atoms with E-state index in [-0.39, 0.29) is 0 Å². The van der Waals surface area contributed by atoms with E-state index in [1.807, 2.05) is 0 Å². The van der Waals surface area contributed by atoms with E-state index in [0.29, 0.717) is 0 Å². The lowest BCUT2D eigenvalue weighted by molar-refractivity contribution is 1.09. The fraction of sp³-hybridized carbons (Fsp3) is 1.00. The van der Waals surface area contributed by atoms with E-state index in [2.05, 4.69) is 69.9 Å². The van der Waals surface area contributed by atoms with Crippen molar-refractivity contribution in [2.75, 3.05) is 12.5 Å². The lowest BCUT2D eigenvalue weighted by atomic mass is 11.9. The molecule has 1 fully saturated rings. The van der Waals surface area contributed by atoms with Crippen LogP contribution in [-0.4, -0.2) is 37.7 Å². The highest BCUT2D eigenvalue weighted by Gasteiger charge is 2.42. The minimum absolute atomic E-state index is 0.887. The van der Waals surface area contributed by atoms with Gasteiger partial charge in [0, 0.05) is 0 Å². The van der Waals surface area contributed by atoms with Gasteiger partial charge in [-0.05, 0) is 51.8 Å². The lowest BCUT2D eigenvalue weighted by Gasteiger charge is -2.52. The van der Waals surface area contributed by atoms with Gasteiger partial charge in [-0.2, -0.15) is 10.4 Å². The van der Waals surface area contributed by atoms with Crippen LogP contribution in [0.3, 0.4) is 0 Å². The lowest BCUT2D eigenvalue weighted by Crippen LogP contribution is -2.81. The molecular weight excluding hydrogens is 268 g/mol. The summed E-state index contributed by atoms with van der Waals surface area (Å²) in [5.41, 5.74) is 0. The highest BCUT2D eigenvalue weighted by atomic mass is 32.3. The van der Waals surface area contributed by atoms with Crippen molar-refractivity contribution in [3.63, 3.8) is 0 Å². The van der Waals surface area contributed by atoms with E-state index < -0.39 is 35.6 Å². The zero-order valence-electron chi connectivity index (χ0n) is 11.9. The van der Waals surface area contributed by atoms with Gasteiger partial charge in [0.1, 0.15) is 0 Å². The number of hydrogen-bond donors (Lipinski definition) is 4. The first kappa shape index (κ1) is 14.9. The van der Waals surface area contributed by atoms with Crippen LogP contribution in [0.1, 0.15) is 0 Å². The summed E-state index contributed by atoms with van der Waals surface area (Å²) in [6, 6.07) is 0. The SMILES string of the molecule is C[Si]1(C)N[Si](C)(C)NS(C)(C)N[Si](C)(C)N1. The van der Waals surface area contributed by atoms with E-state index >= 15 is 0 Å². The molecule has 0 unspecified atom stereocenters. The molecule has 4 N–H and O–H groups in total. The minimum Gasteiger partial charge on any atom is -0.336 e. The number of hydrogen-bond acceptors (Lipinski definition) is 4. The van der Waals surface area contributed by atoms with Crippen LogP contribution >= 0.6 is 10.4 Å². The van der Waals surface area contributed by atoms with Gasteiger partial charge >= 0.3 is 0 Å². The normalized spacial score (nSPS) is 33.5. The summed E-state index contributed by atoms with van der Waals surface area (Å²) in [5, 5.41) is 0. The third-order valence-electron chi connectivity index (χ3n) is 2.27. The first-order chi connectivity index (χ1) is 6.83. The Bertz CT molecular complexity index is 208. The Hall–Kier alpha value is 0.841. The molecule has 1 aliphatic heterocycles. The summed E-state index contributed by atoms with van der Waals surface area (Å²) in [4.78, 5) is 0. The molecule has 98 valence electrons. The molecule has 0 radical (unpaired) electrons. The van der Waals surface area contributed by atoms with Crippen LogP contribution < -0.4 is 18.1 Å². The first-order valence-electron chi connectivity index (χ1n) is 5.72. The Kier molecular flexibility index (Phi) is 3.91. The van der Waals surface area contributed by atoms with E-state index in [0.717, 1.165) is 0 Å². The van der Waals surface area contributed by atoms with Gasteiger partial charge in [-0.1, -0.05) is 0 Å². The largest absolute Gasteiger partial charge is 0.336 e. The molecule has 1 aliphatic rings. The first-order valence-corrected chi connectivity index (χ1v) is 17.2. The molecule has 0 atom stereocenters. The molecule has 0 saturated carbocycles. The van der Waals surface area contributed by atoms with Crippen LogP contribution in [-0.2, 0) is 0 Å². The molecule has 0 spiro atoms. The van der Waals surface area contributed by atoms with Crippen molar-refractivity contribution in [1.29, 1.82) is 0 Å². The molecule has 16 heavy (non-hydrogen) atoms. The van der Waals surface area contributed by atoms with Gasteiger partial charge < -0.3 is 9.30 Å². The summed E-state index contributed by atoms with van der Waals surface area (Å²) in [6.07, 6.45) is 4.64. The maximum absolute atomic E-state index is 3.92. The minimum atomic E-state index is -1.51. The molecule has 8 heteroatoms. The molecule has 0 aliphatic carbocycles. The predicted molar refractivity (Wildman–Crippen MR) is 84.4 cm³/mol. The molecule has 0 aromatic carbocycles. The van der Waals surface area contributed by atoms with Crippen LogP contribution in [0, 0.1) is 0 Å². The Morgan fingerprint density at radius 3 is 1.25 bits per heavy atom. The van der Waals surface area contributed by atoms with Crippen molar-refractivity contribution < 1.29 is 0 Å². The zero-order chi connectivity index (χ0) is 12.8. The highest BCUT2D eigenvalue weighted by molar-refractivity contribution is 8.31. The van der Waals surface area contributed by atoms with Crippen LogP contribution in [0.25, 0.3) is 0 Å². The molecule has 0 amide bonds. The van der Waals surface area contributed by atoms with Gasteiger partial charge in [0.2, 0.25) is 0 Å². The van der Waals surface area contributed by atoms with Gasteiger partial charge in [-0.15, -0.1) is 0 Å². The Labute approximate surface area is 105 Å². The topological polar surface area (TPSA) is 48.1 Å². The van der Waals surface area contributed by atoms with Crippen molar-refractivity contribution in [3.8, 4) is 0 Å². The van der Waals surface area contributed by atoms with Crippen molar-refractivity contribution in [2.45, 2.75) is 39.3 Å². The zero-order valence-corrected chi connectivity index (χ0v) is 15.7. The van der Waals surface area contributed by atoms with Crippen molar-refractivity contribution in [2.24, 2.45) is 0 Å². The molecule has 4 nitrogen and oxygen atoms in total. The second-order valence-electron chi connectivity index (χ2n) is 6.66. The van der Waals surface area contributed by atoms with E-state index in [4.69, 9.17) is 0 Å². The van der Waals surface area contributed by atoms with Crippen molar-refractivity contribution in [1.82, 2.24) is 18.1 Å². The molecule has 1 rings (SSSR count). The van der Waals surface area contributed by atoms with Crippen molar-refractivity contribution in [3.05, 3.63) is 0 Å². The molecule has 1 saturated heterocycles. The molecule has 1 heterocycles. The average Bonchev–Trinajstić information content (AvgIpc) is 1.67. The van der Waals surface area contributed by atoms with Gasteiger partial charge in [0.25, 0.3) is 0 Å². The van der Waals surface area contributed by atoms with Crippen LogP contribution in [0.5, 0.6) is 0 Å². The third kappa shape index (κ3) is 4.61. The predicted octanol–water partition coefficient (Wildman–Crippen LogP) is 1.36. The van der Waals surface area contributed by atoms with Crippen LogP contribution in [0.4, 0.5) is 0 Å². The van der Waals surface area contributed by atoms with Gasteiger partial charge in [0.15, 0.2) is 25.2 Å². The molecule has 0 aromatic heterocycles. The quantitative estimate of drug-likeness (QED) is 0.510. The standard InChI is InChI=1S/C8H28N4SSi3/c1-13(2)9-14(3,4)11-16(7,8)12-15(5,6)10-13/h9-12H,1-8H3. The summed E-state index contributed by atoms with van der Waals surface area (Å²) in [7, 11) is -5.40. The summed E-state index contributed by atoms with van der Waals surface area (Å²) in [6.45, 7) is 14.2. The smallest absolute Gasteiger partial charge is 0.198 e. The second-order valence-corrected chi connectivity index (χ2v) is 22.7. The van der Waals surface area contributed by atoms with Crippen LogP contribution in [0.15, 0.2) is 0 Å². The molecular formula is C8H28N4SSi3. The van der Waals surface area contributed by atoms with Crippen molar-refractivity contribution >= 4 is 35.6 Å². The fourth-order valence-corrected chi connectivity index (χ4v) is 28.5. The molecule has 0 bridgehead atoms. The van der Waals surface area contributed by atoms with Gasteiger partial charge in [-0.3, -0.25) is 8.78 Å². The summed E-state index contributed by atoms with van der Waals surface area (Å²) < 4.78 is 15.6.